The van der Waals surface area contributed by atoms with Gasteiger partial charge in [0.25, 0.3) is 5.91 Å². The Balaban J connectivity index is 1.64. The van der Waals surface area contributed by atoms with Crippen molar-refractivity contribution in [2.75, 3.05) is 18.0 Å². The van der Waals surface area contributed by atoms with Crippen molar-refractivity contribution in [3.05, 3.63) is 65.2 Å². The van der Waals surface area contributed by atoms with Gasteiger partial charge in [-0.15, -0.1) is 0 Å². The molecule has 1 unspecified atom stereocenters. The lowest BCUT2D eigenvalue weighted by Gasteiger charge is -2.52. The highest BCUT2D eigenvalue weighted by molar-refractivity contribution is 6.20. The third-order valence-electron chi connectivity index (χ3n) is 6.39. The quantitative estimate of drug-likeness (QED) is 0.543. The summed E-state index contributed by atoms with van der Waals surface area (Å²) in [6.45, 7) is 6.21. The van der Waals surface area contributed by atoms with Crippen molar-refractivity contribution >= 4 is 29.6 Å². The lowest BCUT2D eigenvalue weighted by molar-refractivity contribution is -0.152. The van der Waals surface area contributed by atoms with E-state index in [-0.39, 0.29) is 25.1 Å². The van der Waals surface area contributed by atoms with Crippen molar-refractivity contribution in [3.63, 3.8) is 0 Å². The fourth-order valence-corrected chi connectivity index (χ4v) is 4.58. The number of urea groups is 1. The van der Waals surface area contributed by atoms with Crippen LogP contribution in [0.2, 0.25) is 0 Å². The smallest absolute Gasteiger partial charge is 0.417 e. The second kappa shape index (κ2) is 9.89. The summed E-state index contributed by atoms with van der Waals surface area (Å²) in [6.07, 6.45) is -1.43. The highest BCUT2D eigenvalue weighted by Gasteiger charge is 2.58. The highest BCUT2D eigenvalue weighted by atomic mass is 19.1. The molecule has 10 heteroatoms. The third kappa shape index (κ3) is 4.84. The van der Waals surface area contributed by atoms with Crippen LogP contribution in [0, 0.1) is 23.5 Å². The summed E-state index contributed by atoms with van der Waals surface area (Å²) >= 11 is 0. The van der Waals surface area contributed by atoms with Crippen LogP contribution in [0.25, 0.3) is 0 Å². The van der Waals surface area contributed by atoms with Crippen molar-refractivity contribution in [1.29, 1.82) is 0 Å². The van der Waals surface area contributed by atoms with E-state index in [4.69, 9.17) is 4.74 Å². The van der Waals surface area contributed by atoms with E-state index in [2.05, 4.69) is 11.8 Å². The fourth-order valence-electron chi connectivity index (χ4n) is 4.58. The molecule has 0 N–H and O–H groups in total. The Morgan fingerprint density at radius 1 is 1.00 bits per heavy atom. The van der Waals surface area contributed by atoms with Crippen molar-refractivity contribution in [1.82, 2.24) is 9.80 Å². The number of piperazine rings is 1. The van der Waals surface area contributed by atoms with E-state index < -0.39 is 58.8 Å². The van der Waals surface area contributed by atoms with Crippen LogP contribution in [0.3, 0.4) is 0 Å². The predicted octanol–water partition coefficient (Wildman–Crippen LogP) is 4.45. The summed E-state index contributed by atoms with van der Waals surface area (Å²) in [5.74, 6) is 1.44. The topological polar surface area (TPSA) is 87.2 Å². The SMILES string of the molecule is CCC12CC(=O)N(c3c(F)cc(C#Cc4ccccc4)cc3F)C(=O)N1CCN(C(=O)OC(C)(C)C)C2=O. The molecule has 1 atom stereocenters. The van der Waals surface area contributed by atoms with E-state index >= 15 is 8.78 Å². The molecule has 8 nitrogen and oxygen atoms in total. The number of imide groups is 2. The van der Waals surface area contributed by atoms with Gasteiger partial charge in [-0.25, -0.2) is 28.2 Å². The van der Waals surface area contributed by atoms with Crippen molar-refractivity contribution in [2.24, 2.45) is 0 Å². The number of anilines is 1. The Morgan fingerprint density at radius 3 is 2.18 bits per heavy atom. The standard InChI is InChI=1S/C28H27F2N3O5/c1-5-28-17-22(34)33(25(36)32(28)14-13-31(24(28)35)26(37)38-27(2,3)4)23-20(29)15-19(16-21(23)30)12-11-18-9-7-6-8-10-18/h6-10,15-16H,5,13-14,17H2,1-4H3. The summed E-state index contributed by atoms with van der Waals surface area (Å²) in [5, 5.41) is 0. The van der Waals surface area contributed by atoms with Gasteiger partial charge in [0.1, 0.15) is 16.8 Å². The number of fused-ring (bicyclic) bond motifs is 1. The molecule has 0 aromatic heterocycles. The lowest BCUT2D eigenvalue weighted by atomic mass is 9.83. The number of hydrogen-bond acceptors (Lipinski definition) is 5. The monoisotopic (exact) mass is 523 g/mol. The minimum absolute atomic E-state index is 0.00935. The Labute approximate surface area is 219 Å². The minimum atomic E-state index is -1.67. The predicted molar refractivity (Wildman–Crippen MR) is 134 cm³/mol. The first-order valence-electron chi connectivity index (χ1n) is 12.1. The molecule has 4 rings (SSSR count). The lowest BCUT2D eigenvalue weighted by Crippen LogP contribution is -2.74. The molecule has 2 aromatic rings. The van der Waals surface area contributed by atoms with Gasteiger partial charge in [0, 0.05) is 24.2 Å². The van der Waals surface area contributed by atoms with E-state index in [1.807, 2.05) is 6.07 Å². The molecule has 2 fully saturated rings. The number of rotatable bonds is 2. The molecule has 0 spiro atoms. The third-order valence-corrected chi connectivity index (χ3v) is 6.39. The number of benzene rings is 2. The first-order valence-corrected chi connectivity index (χ1v) is 12.1. The van der Waals surface area contributed by atoms with Gasteiger partial charge in [0.15, 0.2) is 11.6 Å². The molecular formula is C28H27F2N3O5. The molecule has 0 aliphatic carbocycles. The van der Waals surface area contributed by atoms with Gasteiger partial charge >= 0.3 is 12.1 Å². The number of carbonyl (C=O) groups is 4. The molecule has 198 valence electrons. The Kier molecular flexibility index (Phi) is 6.98. The van der Waals surface area contributed by atoms with Crippen molar-refractivity contribution < 1.29 is 32.7 Å². The van der Waals surface area contributed by atoms with Crippen LogP contribution in [0.15, 0.2) is 42.5 Å². The molecule has 0 saturated carbocycles. The Hall–Kier alpha value is -4.26. The van der Waals surface area contributed by atoms with E-state index in [1.54, 1.807) is 52.0 Å². The minimum Gasteiger partial charge on any atom is -0.443 e. The van der Waals surface area contributed by atoms with Gasteiger partial charge in [-0.1, -0.05) is 37.0 Å². The summed E-state index contributed by atoms with van der Waals surface area (Å²) in [5.41, 5.74) is -2.71. The first-order chi connectivity index (χ1) is 17.9. The number of hydrogen-bond donors (Lipinski definition) is 0. The van der Waals surface area contributed by atoms with Gasteiger partial charge in [0.2, 0.25) is 5.91 Å². The second-order valence-electron chi connectivity index (χ2n) is 10.1. The summed E-state index contributed by atoms with van der Waals surface area (Å²) in [6, 6.07) is 9.69. The molecule has 0 radical (unpaired) electrons. The average Bonchev–Trinajstić information content (AvgIpc) is 2.84. The van der Waals surface area contributed by atoms with Crippen molar-refractivity contribution in [3.8, 4) is 11.8 Å². The zero-order chi connectivity index (χ0) is 27.8. The van der Waals surface area contributed by atoms with Crippen molar-refractivity contribution in [2.45, 2.75) is 51.7 Å². The van der Waals surface area contributed by atoms with Gasteiger partial charge in [0.05, 0.1) is 6.42 Å². The van der Waals surface area contributed by atoms with Gasteiger partial charge in [-0.2, -0.15) is 0 Å². The van der Waals surface area contributed by atoms with E-state index in [0.717, 1.165) is 21.9 Å². The van der Waals surface area contributed by atoms with Crippen LogP contribution < -0.4 is 4.90 Å². The molecule has 2 aliphatic heterocycles. The average molecular weight is 524 g/mol. The molecule has 5 amide bonds. The molecule has 38 heavy (non-hydrogen) atoms. The van der Waals surface area contributed by atoms with Gasteiger partial charge < -0.3 is 9.64 Å². The number of ether oxygens (including phenoxy) is 1. The van der Waals surface area contributed by atoms with Crippen LogP contribution >= 0.6 is 0 Å². The number of amides is 5. The molecule has 2 saturated heterocycles. The van der Waals surface area contributed by atoms with E-state index in [0.29, 0.717) is 10.5 Å². The summed E-state index contributed by atoms with van der Waals surface area (Å²) in [7, 11) is 0. The second-order valence-corrected chi connectivity index (χ2v) is 10.1. The maximum Gasteiger partial charge on any atom is 0.417 e. The molecule has 2 aliphatic rings. The number of nitrogens with zero attached hydrogens (tertiary/aromatic N) is 3. The van der Waals surface area contributed by atoms with E-state index in [1.165, 1.54) is 0 Å². The Morgan fingerprint density at radius 2 is 1.61 bits per heavy atom. The largest absolute Gasteiger partial charge is 0.443 e. The van der Waals surface area contributed by atoms with Gasteiger partial charge in [-0.3, -0.25) is 9.59 Å². The maximum absolute atomic E-state index is 15.2. The van der Waals surface area contributed by atoms with Crippen LogP contribution in [0.5, 0.6) is 0 Å². The molecule has 0 bridgehead atoms. The number of carbonyl (C=O) groups excluding carboxylic acids is 4. The zero-order valence-corrected chi connectivity index (χ0v) is 21.5. The fraction of sp³-hybridized carbons (Fsp3) is 0.357. The van der Waals surface area contributed by atoms with Crippen LogP contribution in [0.1, 0.15) is 51.7 Å². The zero-order valence-electron chi connectivity index (χ0n) is 21.5. The normalized spacial score (nSPS) is 19.6. The van der Waals surface area contributed by atoms with Crippen LogP contribution in [0.4, 0.5) is 24.1 Å². The van der Waals surface area contributed by atoms with Crippen LogP contribution in [-0.4, -0.2) is 58.0 Å². The number of halogens is 2. The first kappa shape index (κ1) is 26.8. The Bertz CT molecular complexity index is 1350. The molecule has 2 aromatic carbocycles. The van der Waals surface area contributed by atoms with Crippen LogP contribution in [-0.2, 0) is 14.3 Å². The highest BCUT2D eigenvalue weighted by Crippen LogP contribution is 2.39. The maximum atomic E-state index is 15.2. The van der Waals surface area contributed by atoms with E-state index in [9.17, 15) is 19.2 Å². The summed E-state index contributed by atoms with van der Waals surface area (Å²) in [4.78, 5) is 55.2. The van der Waals surface area contributed by atoms with Gasteiger partial charge in [-0.05, 0) is 51.5 Å². The molecular weight excluding hydrogens is 496 g/mol. The summed E-state index contributed by atoms with van der Waals surface area (Å²) < 4.78 is 35.6. The molecule has 2 heterocycles.